The summed E-state index contributed by atoms with van der Waals surface area (Å²) in [5.41, 5.74) is 0. The molecule has 0 radical (unpaired) electrons. The van der Waals surface area contributed by atoms with Crippen LogP contribution >= 0.6 is 0 Å². The summed E-state index contributed by atoms with van der Waals surface area (Å²) in [5.74, 6) is 0. The molecular formula is C2H7NaO3S. The van der Waals surface area contributed by atoms with Crippen molar-refractivity contribution in [2.75, 3.05) is 14.2 Å². The first-order valence-electron chi connectivity index (χ1n) is 1.32. The Hall–Kier alpha value is 1.07. The third-order valence-corrected chi connectivity index (χ3v) is 0.816. The van der Waals surface area contributed by atoms with Crippen LogP contribution in [0.25, 0.3) is 0 Å². The molecule has 0 bridgehead atoms. The Morgan fingerprint density at radius 1 is 1.43 bits per heavy atom. The normalized spacial score (nSPS) is 8.43. The van der Waals surface area contributed by atoms with Gasteiger partial charge < -0.3 is 1.43 Å². The second kappa shape index (κ2) is 7.07. The Bertz CT molecular complexity index is 55.2. The molecule has 0 aromatic rings. The molecule has 0 amide bonds. The van der Waals surface area contributed by atoms with Gasteiger partial charge in [0.05, 0.1) is 14.2 Å². The molecule has 40 valence electrons. The van der Waals surface area contributed by atoms with Gasteiger partial charge in [-0.15, -0.1) is 0 Å². The average Bonchev–Trinajstić information content (AvgIpc) is 1.65. The molecule has 0 aromatic carbocycles. The van der Waals surface area contributed by atoms with Gasteiger partial charge in [-0.3, -0.25) is 8.37 Å². The van der Waals surface area contributed by atoms with E-state index in [4.69, 9.17) is 0 Å². The van der Waals surface area contributed by atoms with E-state index in [2.05, 4.69) is 8.37 Å². The van der Waals surface area contributed by atoms with E-state index < -0.39 is 11.4 Å². The van der Waals surface area contributed by atoms with Crippen molar-refractivity contribution in [2.45, 2.75) is 0 Å². The molecule has 3 nitrogen and oxygen atoms in total. The van der Waals surface area contributed by atoms with Gasteiger partial charge in [-0.2, -0.15) is 4.21 Å². The summed E-state index contributed by atoms with van der Waals surface area (Å²) in [6.07, 6.45) is 0. The van der Waals surface area contributed by atoms with Gasteiger partial charge in [0.15, 0.2) is 0 Å². The summed E-state index contributed by atoms with van der Waals surface area (Å²) in [6.45, 7) is 0. The summed E-state index contributed by atoms with van der Waals surface area (Å²) >= 11 is -1.53. The van der Waals surface area contributed by atoms with Crippen LogP contribution in [-0.4, -0.2) is 18.4 Å². The molecule has 0 unspecified atom stereocenters. The minimum Gasteiger partial charge on any atom is -1.00 e. The number of hydrogen-bond acceptors (Lipinski definition) is 3. The maximum atomic E-state index is 9.85. The van der Waals surface area contributed by atoms with Gasteiger partial charge in [0.2, 0.25) is 0 Å². The van der Waals surface area contributed by atoms with Crippen LogP contribution < -0.4 is 29.6 Å². The monoisotopic (exact) mass is 134 g/mol. The van der Waals surface area contributed by atoms with E-state index in [1.165, 1.54) is 14.2 Å². The molecule has 0 spiro atoms. The topological polar surface area (TPSA) is 35.5 Å². The molecule has 0 fully saturated rings. The maximum Gasteiger partial charge on any atom is 1.00 e. The fourth-order valence-corrected chi connectivity index (χ4v) is 0.204. The van der Waals surface area contributed by atoms with Crippen molar-refractivity contribution in [1.82, 2.24) is 0 Å². The minimum absolute atomic E-state index is 0. The minimum atomic E-state index is -1.53. The van der Waals surface area contributed by atoms with E-state index in [1.807, 2.05) is 0 Å². The van der Waals surface area contributed by atoms with E-state index in [-0.39, 0.29) is 31.0 Å². The third-order valence-electron chi connectivity index (χ3n) is 0.272. The average molecular weight is 134 g/mol. The molecular weight excluding hydrogens is 127 g/mol. The van der Waals surface area contributed by atoms with E-state index in [0.29, 0.717) is 0 Å². The zero-order chi connectivity index (χ0) is 4.99. The van der Waals surface area contributed by atoms with Crippen LogP contribution in [0.3, 0.4) is 0 Å². The van der Waals surface area contributed by atoms with Crippen molar-refractivity contribution in [2.24, 2.45) is 0 Å². The Morgan fingerprint density at radius 2 is 1.71 bits per heavy atom. The smallest absolute Gasteiger partial charge is 1.00 e. The van der Waals surface area contributed by atoms with Crippen LogP contribution in [0.4, 0.5) is 0 Å². The fourth-order valence-electron chi connectivity index (χ4n) is 0.0680. The predicted molar refractivity (Wildman–Crippen MR) is 23.3 cm³/mol. The first-order chi connectivity index (χ1) is 2.81. The van der Waals surface area contributed by atoms with Crippen molar-refractivity contribution in [1.29, 1.82) is 0 Å². The van der Waals surface area contributed by atoms with Gasteiger partial charge in [-0.05, 0) is 0 Å². The number of hydrogen-bond donors (Lipinski definition) is 0. The molecule has 0 aliphatic heterocycles. The summed E-state index contributed by atoms with van der Waals surface area (Å²) in [7, 11) is 2.61. The molecule has 0 rings (SSSR count). The van der Waals surface area contributed by atoms with Crippen LogP contribution in [0.2, 0.25) is 0 Å². The molecule has 0 saturated carbocycles. The first-order valence-corrected chi connectivity index (χ1v) is 2.32. The van der Waals surface area contributed by atoms with Gasteiger partial charge in [0, 0.05) is 0 Å². The predicted octanol–water partition coefficient (Wildman–Crippen LogP) is -3.03. The molecule has 0 atom stereocenters. The summed E-state index contributed by atoms with van der Waals surface area (Å²) < 4.78 is 18.1. The molecule has 0 aromatic heterocycles. The van der Waals surface area contributed by atoms with E-state index in [1.54, 1.807) is 0 Å². The molecule has 7 heavy (non-hydrogen) atoms. The SMILES string of the molecule is COS(=O)OC.[H-].[Na+]. The zero-order valence-corrected chi connectivity index (χ0v) is 7.45. The maximum absolute atomic E-state index is 9.85. The summed E-state index contributed by atoms with van der Waals surface area (Å²) in [5, 5.41) is 0. The Kier molecular flexibility index (Phi) is 11.1. The van der Waals surface area contributed by atoms with Gasteiger partial charge in [-0.1, -0.05) is 0 Å². The van der Waals surface area contributed by atoms with Crippen LogP contribution in [-0.2, 0) is 19.7 Å². The van der Waals surface area contributed by atoms with Crippen LogP contribution in [0.15, 0.2) is 0 Å². The van der Waals surface area contributed by atoms with Crippen molar-refractivity contribution in [3.05, 3.63) is 0 Å². The second-order valence-corrected chi connectivity index (χ2v) is 1.61. The first kappa shape index (κ1) is 10.9. The Balaban J connectivity index is -0.000000125. The zero-order valence-electron chi connectivity index (χ0n) is 5.63. The summed E-state index contributed by atoms with van der Waals surface area (Å²) in [6, 6.07) is 0. The van der Waals surface area contributed by atoms with Crippen molar-refractivity contribution in [3.63, 3.8) is 0 Å². The van der Waals surface area contributed by atoms with Gasteiger partial charge in [0.1, 0.15) is 0 Å². The molecule has 0 saturated heterocycles. The molecule has 0 aliphatic rings. The Morgan fingerprint density at radius 3 is 1.71 bits per heavy atom. The quantitative estimate of drug-likeness (QED) is 0.377. The standard InChI is InChI=1S/C2H6O3S.Na.H/c1-4-6(3)5-2;;/h1-2H3;;/q;+1;-1. The molecule has 0 heterocycles. The second-order valence-electron chi connectivity index (χ2n) is 0.537. The van der Waals surface area contributed by atoms with Gasteiger partial charge in [0.25, 0.3) is 0 Å². The molecule has 0 aliphatic carbocycles. The van der Waals surface area contributed by atoms with Gasteiger partial charge in [-0.25, -0.2) is 0 Å². The van der Waals surface area contributed by atoms with Crippen LogP contribution in [0, 0.1) is 0 Å². The van der Waals surface area contributed by atoms with Crippen molar-refractivity contribution < 1.29 is 43.6 Å². The largest absolute Gasteiger partial charge is 1.00 e. The van der Waals surface area contributed by atoms with Gasteiger partial charge >= 0.3 is 40.9 Å². The van der Waals surface area contributed by atoms with Crippen molar-refractivity contribution in [3.8, 4) is 0 Å². The third kappa shape index (κ3) is 7.07. The number of rotatable bonds is 2. The molecule has 0 N–H and O–H groups in total. The summed E-state index contributed by atoms with van der Waals surface area (Å²) in [4.78, 5) is 0. The Labute approximate surface area is 69.0 Å². The van der Waals surface area contributed by atoms with E-state index in [0.717, 1.165) is 0 Å². The van der Waals surface area contributed by atoms with E-state index >= 15 is 0 Å². The van der Waals surface area contributed by atoms with Crippen molar-refractivity contribution >= 4 is 11.4 Å². The van der Waals surface area contributed by atoms with E-state index in [9.17, 15) is 4.21 Å². The van der Waals surface area contributed by atoms with Crippen LogP contribution in [0.5, 0.6) is 0 Å². The fraction of sp³-hybridized carbons (Fsp3) is 1.00. The van der Waals surface area contributed by atoms with Crippen LogP contribution in [0.1, 0.15) is 1.43 Å². The molecule has 5 heteroatoms.